The number of anilines is 2. The molecular formula is C16H12ClF3N4OS. The summed E-state index contributed by atoms with van der Waals surface area (Å²) >= 11 is 10.3. The third-order valence-corrected chi connectivity index (χ3v) is 3.83. The minimum absolute atomic E-state index is 0.0416. The molecule has 2 aromatic carbocycles. The van der Waals surface area contributed by atoms with Crippen LogP contribution in [0.2, 0.25) is 5.02 Å². The van der Waals surface area contributed by atoms with Gasteiger partial charge in [-0.15, -0.1) is 0 Å². The molecule has 4 N–H and O–H groups in total. The minimum Gasteiger partial charge on any atom is -0.376 e. The van der Waals surface area contributed by atoms with Crippen molar-refractivity contribution >= 4 is 52.6 Å². The van der Waals surface area contributed by atoms with Gasteiger partial charge in [-0.2, -0.15) is 13.2 Å². The number of hydrogen-bond donors (Lipinski definition) is 3. The van der Waals surface area contributed by atoms with Gasteiger partial charge in [0.25, 0.3) is 5.91 Å². The topological polar surface area (TPSA) is 82.2 Å². The van der Waals surface area contributed by atoms with Crippen molar-refractivity contribution in [2.75, 3.05) is 10.2 Å². The van der Waals surface area contributed by atoms with Gasteiger partial charge >= 0.3 is 6.18 Å². The summed E-state index contributed by atoms with van der Waals surface area (Å²) < 4.78 is 38.6. The van der Waals surface area contributed by atoms with E-state index in [1.54, 1.807) is 0 Å². The van der Waals surface area contributed by atoms with Crippen LogP contribution < -0.4 is 16.0 Å². The lowest BCUT2D eigenvalue weighted by Crippen LogP contribution is -2.33. The van der Waals surface area contributed by atoms with E-state index in [0.29, 0.717) is 5.69 Å². The molecule has 0 spiro atoms. The smallest absolute Gasteiger partial charge is 0.376 e. The molecule has 0 saturated carbocycles. The van der Waals surface area contributed by atoms with Crippen LogP contribution in [0.15, 0.2) is 42.5 Å². The van der Waals surface area contributed by atoms with Gasteiger partial charge in [0.1, 0.15) is 0 Å². The van der Waals surface area contributed by atoms with Crippen LogP contribution >= 0.6 is 23.8 Å². The maximum atomic E-state index is 12.9. The number of nitrogens with one attached hydrogen (secondary N) is 2. The summed E-state index contributed by atoms with van der Waals surface area (Å²) in [5, 5.41) is 9.13. The Morgan fingerprint density at radius 2 is 1.85 bits per heavy atom. The molecule has 0 saturated heterocycles. The quantitative estimate of drug-likeness (QED) is 0.406. The Kier molecular flexibility index (Phi) is 5.83. The van der Waals surface area contributed by atoms with Crippen LogP contribution in [0.4, 0.5) is 24.5 Å². The number of hydrogen-bond acceptors (Lipinski definition) is 3. The normalized spacial score (nSPS) is 10.9. The zero-order chi connectivity index (χ0) is 19.5. The largest absolute Gasteiger partial charge is 0.417 e. The monoisotopic (exact) mass is 400 g/mol. The van der Waals surface area contributed by atoms with Crippen LogP contribution in [0.5, 0.6) is 0 Å². The van der Waals surface area contributed by atoms with E-state index in [-0.39, 0.29) is 16.4 Å². The van der Waals surface area contributed by atoms with Gasteiger partial charge in [0.05, 0.1) is 16.9 Å². The first-order valence-electron chi connectivity index (χ1n) is 7.01. The van der Waals surface area contributed by atoms with Crippen molar-refractivity contribution in [2.45, 2.75) is 6.18 Å². The highest BCUT2D eigenvalue weighted by molar-refractivity contribution is 7.80. The summed E-state index contributed by atoms with van der Waals surface area (Å²) in [6.45, 7) is 0. The van der Waals surface area contributed by atoms with E-state index < -0.39 is 22.7 Å². The molecule has 0 atom stereocenters. The van der Waals surface area contributed by atoms with Gasteiger partial charge in [-0.3, -0.25) is 15.1 Å². The Bertz CT molecular complexity index is 856. The van der Waals surface area contributed by atoms with Crippen LogP contribution in [0, 0.1) is 5.41 Å². The van der Waals surface area contributed by atoms with Crippen molar-refractivity contribution in [1.82, 2.24) is 0 Å². The number of carbonyl (C=O) groups excluding carboxylic acids is 1. The summed E-state index contributed by atoms with van der Waals surface area (Å²) in [5.74, 6) is -0.608. The number of carbonyl (C=O) groups is 1. The third kappa shape index (κ3) is 4.50. The van der Waals surface area contributed by atoms with Crippen molar-refractivity contribution in [3.63, 3.8) is 0 Å². The maximum absolute atomic E-state index is 12.9. The molecule has 26 heavy (non-hydrogen) atoms. The first kappa shape index (κ1) is 19.7. The highest BCUT2D eigenvalue weighted by Crippen LogP contribution is 2.36. The second-order valence-electron chi connectivity index (χ2n) is 5.03. The molecule has 0 bridgehead atoms. The molecule has 0 heterocycles. The van der Waals surface area contributed by atoms with Crippen molar-refractivity contribution < 1.29 is 18.0 Å². The first-order valence-corrected chi connectivity index (χ1v) is 7.79. The molecule has 0 unspecified atom stereocenters. The van der Waals surface area contributed by atoms with Crippen LogP contribution in [0.25, 0.3) is 0 Å². The van der Waals surface area contributed by atoms with E-state index in [0.717, 1.165) is 18.5 Å². The molecule has 5 nitrogen and oxygen atoms in total. The molecule has 0 aromatic heterocycles. The van der Waals surface area contributed by atoms with E-state index >= 15 is 0 Å². The molecule has 0 aliphatic carbocycles. The van der Waals surface area contributed by atoms with Crippen LogP contribution in [0.3, 0.4) is 0 Å². The Morgan fingerprint density at radius 3 is 2.35 bits per heavy atom. The first-order chi connectivity index (χ1) is 12.1. The Balaban J connectivity index is 2.20. The number of nitrogens with zero attached hydrogens (tertiary/aromatic N) is 1. The average Bonchev–Trinajstić information content (AvgIpc) is 2.56. The summed E-state index contributed by atoms with van der Waals surface area (Å²) in [4.78, 5) is 13.4. The molecule has 0 aliphatic heterocycles. The highest BCUT2D eigenvalue weighted by atomic mass is 35.5. The van der Waals surface area contributed by atoms with E-state index in [9.17, 15) is 18.0 Å². The van der Waals surface area contributed by atoms with E-state index in [1.165, 1.54) is 35.2 Å². The van der Waals surface area contributed by atoms with Crippen molar-refractivity contribution in [3.8, 4) is 0 Å². The summed E-state index contributed by atoms with van der Waals surface area (Å²) in [6.07, 6.45) is -3.71. The predicted octanol–water partition coefficient (Wildman–Crippen LogP) is 4.27. The van der Waals surface area contributed by atoms with Gasteiger partial charge in [0, 0.05) is 16.9 Å². The third-order valence-electron chi connectivity index (χ3n) is 3.30. The fraction of sp³-hybridized carbons (Fsp3) is 0.0625. The van der Waals surface area contributed by atoms with Gasteiger partial charge in [-0.1, -0.05) is 11.6 Å². The molecule has 0 aliphatic rings. The van der Waals surface area contributed by atoms with E-state index in [1.807, 2.05) is 0 Å². The maximum Gasteiger partial charge on any atom is 0.417 e. The number of amides is 1. The molecule has 1 amide bonds. The van der Waals surface area contributed by atoms with E-state index in [2.05, 4.69) is 5.32 Å². The summed E-state index contributed by atoms with van der Waals surface area (Å²) in [5.41, 5.74) is 5.05. The van der Waals surface area contributed by atoms with Crippen LogP contribution in [-0.4, -0.2) is 17.4 Å². The van der Waals surface area contributed by atoms with Gasteiger partial charge < -0.3 is 11.1 Å². The minimum atomic E-state index is -4.63. The van der Waals surface area contributed by atoms with Crippen LogP contribution in [-0.2, 0) is 6.18 Å². The summed E-state index contributed by atoms with van der Waals surface area (Å²) in [6, 6.07) is 8.96. The Labute approximate surface area is 157 Å². The van der Waals surface area contributed by atoms with Crippen molar-refractivity contribution in [2.24, 2.45) is 5.73 Å². The number of thiocarbonyl (C=S) groups is 1. The Morgan fingerprint density at radius 1 is 1.23 bits per heavy atom. The van der Waals surface area contributed by atoms with Gasteiger partial charge in [-0.25, -0.2) is 0 Å². The highest BCUT2D eigenvalue weighted by Gasteiger charge is 2.33. The Hall–Kier alpha value is -2.65. The lowest BCUT2D eigenvalue weighted by molar-refractivity contribution is -0.137. The lowest BCUT2D eigenvalue weighted by atomic mass is 10.1. The predicted molar refractivity (Wildman–Crippen MR) is 98.9 cm³/mol. The zero-order valence-electron chi connectivity index (χ0n) is 13.0. The fourth-order valence-electron chi connectivity index (χ4n) is 2.06. The van der Waals surface area contributed by atoms with Crippen molar-refractivity contribution in [3.05, 3.63) is 58.6 Å². The van der Waals surface area contributed by atoms with Gasteiger partial charge in [-0.05, 0) is 54.7 Å². The van der Waals surface area contributed by atoms with Crippen molar-refractivity contribution in [1.29, 1.82) is 5.41 Å². The molecule has 2 aromatic rings. The molecule has 10 heteroatoms. The fourth-order valence-corrected chi connectivity index (χ4v) is 2.45. The zero-order valence-corrected chi connectivity index (χ0v) is 14.5. The van der Waals surface area contributed by atoms with Gasteiger partial charge in [0.15, 0.2) is 5.11 Å². The lowest BCUT2D eigenvalue weighted by Gasteiger charge is -2.16. The second kappa shape index (κ2) is 7.71. The molecular weight excluding hydrogens is 389 g/mol. The number of rotatable bonds is 4. The van der Waals surface area contributed by atoms with E-state index in [4.69, 9.17) is 35.0 Å². The second-order valence-corrected chi connectivity index (χ2v) is 5.86. The molecule has 0 radical (unpaired) electrons. The number of alkyl halides is 3. The van der Waals surface area contributed by atoms with Gasteiger partial charge in [0.2, 0.25) is 0 Å². The summed E-state index contributed by atoms with van der Waals surface area (Å²) in [7, 11) is 0. The standard InChI is InChI=1S/C16H12ClF3N4OS/c17-13-6-3-10(7-12(13)16(18,19)20)23-14(25)9-1-4-11(5-2-9)24(8-21)15(22)26/h1-8,21H,(H2,22,26)(H,23,25). The molecule has 136 valence electrons. The number of halogens is 4. The SMILES string of the molecule is N=CN(C(N)=S)c1ccc(C(=O)Nc2ccc(Cl)c(C(F)(F)F)c2)cc1. The molecule has 2 rings (SSSR count). The van der Waals surface area contributed by atoms with Crippen LogP contribution in [0.1, 0.15) is 15.9 Å². The number of nitrogens with two attached hydrogens (primary N) is 1. The number of benzene rings is 2. The molecule has 0 fully saturated rings. The average molecular weight is 401 g/mol.